The molecule has 2 heterocycles. The lowest BCUT2D eigenvalue weighted by molar-refractivity contribution is 0.0951. The maximum atomic E-state index is 12.0. The highest BCUT2D eigenvalue weighted by Crippen LogP contribution is 2.05. The molecule has 0 aliphatic carbocycles. The molecule has 2 aromatic heterocycles. The number of thiazole rings is 1. The molecule has 0 fully saturated rings. The highest BCUT2D eigenvalue weighted by atomic mass is 32.1. The van der Waals surface area contributed by atoms with Crippen LogP contribution in [0, 0.1) is 0 Å². The molecule has 2 aromatic rings. The summed E-state index contributed by atoms with van der Waals surface area (Å²) >= 11 is 1.35. The average molecular weight is 295 g/mol. The van der Waals surface area contributed by atoms with Crippen LogP contribution < -0.4 is 10.9 Å². The molecule has 7 heteroatoms. The number of hydrogen-bond acceptors (Lipinski definition) is 5. The number of unbranched alkanes of at least 4 members (excludes halogenated alkanes) is 3. The van der Waals surface area contributed by atoms with Gasteiger partial charge in [-0.15, -0.1) is 11.3 Å². The number of carbonyl (C=O) groups is 1. The van der Waals surface area contributed by atoms with Crippen LogP contribution in [0.1, 0.15) is 36.0 Å². The average Bonchev–Trinajstić information content (AvgIpc) is 2.92. The Hall–Kier alpha value is -1.73. The second kappa shape index (κ2) is 7.16. The first-order valence-electron chi connectivity index (χ1n) is 6.58. The Morgan fingerprint density at radius 2 is 2.15 bits per heavy atom. The van der Waals surface area contributed by atoms with E-state index in [4.69, 9.17) is 5.11 Å². The van der Waals surface area contributed by atoms with Gasteiger partial charge in [-0.3, -0.25) is 14.0 Å². The van der Waals surface area contributed by atoms with Crippen molar-refractivity contribution < 1.29 is 9.90 Å². The Bertz CT molecular complexity index is 635. The van der Waals surface area contributed by atoms with E-state index in [1.54, 1.807) is 11.6 Å². The topological polar surface area (TPSA) is 83.7 Å². The monoisotopic (exact) mass is 295 g/mol. The molecule has 1 amide bonds. The largest absolute Gasteiger partial charge is 0.396 e. The molecule has 0 unspecified atom stereocenters. The molecule has 20 heavy (non-hydrogen) atoms. The lowest BCUT2D eigenvalue weighted by atomic mass is 10.2. The van der Waals surface area contributed by atoms with E-state index >= 15 is 0 Å². The van der Waals surface area contributed by atoms with Crippen molar-refractivity contribution in [1.82, 2.24) is 14.7 Å². The van der Waals surface area contributed by atoms with E-state index in [2.05, 4.69) is 10.3 Å². The molecular formula is C13H17N3O3S. The standard InChI is InChI=1S/C13H17N3O3S/c17-7-4-2-1-3-5-14-11(18)10-9-15-13-16(12(10)19)6-8-20-13/h6,8-9,17H,1-5,7H2,(H,14,18). The normalized spacial score (nSPS) is 10.8. The number of carbonyl (C=O) groups excluding carboxylic acids is 1. The van der Waals surface area contributed by atoms with E-state index in [0.717, 1.165) is 25.7 Å². The summed E-state index contributed by atoms with van der Waals surface area (Å²) in [5.41, 5.74) is -0.273. The number of nitrogens with zero attached hydrogens (tertiary/aromatic N) is 2. The van der Waals surface area contributed by atoms with Crippen molar-refractivity contribution in [3.05, 3.63) is 33.7 Å². The van der Waals surface area contributed by atoms with Crippen molar-refractivity contribution in [3.63, 3.8) is 0 Å². The van der Waals surface area contributed by atoms with Crippen molar-refractivity contribution in [2.45, 2.75) is 25.7 Å². The van der Waals surface area contributed by atoms with Crippen molar-refractivity contribution in [1.29, 1.82) is 0 Å². The van der Waals surface area contributed by atoms with Crippen LogP contribution in [0.25, 0.3) is 4.96 Å². The lowest BCUT2D eigenvalue weighted by Crippen LogP contribution is -2.31. The quantitative estimate of drug-likeness (QED) is 0.748. The number of aliphatic hydroxyl groups is 1. The number of hydrogen-bond donors (Lipinski definition) is 2. The molecule has 108 valence electrons. The van der Waals surface area contributed by atoms with Gasteiger partial charge in [-0.1, -0.05) is 12.8 Å². The van der Waals surface area contributed by atoms with Gasteiger partial charge < -0.3 is 10.4 Å². The molecule has 0 saturated heterocycles. The van der Waals surface area contributed by atoms with Crippen molar-refractivity contribution >= 4 is 22.2 Å². The summed E-state index contributed by atoms with van der Waals surface area (Å²) in [6, 6.07) is 0. The number of nitrogens with one attached hydrogen (secondary N) is 1. The molecule has 2 rings (SSSR count). The highest BCUT2D eigenvalue weighted by Gasteiger charge is 2.12. The molecule has 0 aliphatic heterocycles. The smallest absolute Gasteiger partial charge is 0.271 e. The molecule has 0 atom stereocenters. The predicted molar refractivity (Wildman–Crippen MR) is 77.2 cm³/mol. The minimum absolute atomic E-state index is 0.0660. The van der Waals surface area contributed by atoms with Crippen LogP contribution in [-0.2, 0) is 0 Å². The second-order valence-corrected chi connectivity index (χ2v) is 5.30. The maximum Gasteiger partial charge on any atom is 0.271 e. The van der Waals surface area contributed by atoms with Gasteiger partial charge in [0.05, 0.1) is 0 Å². The Morgan fingerprint density at radius 1 is 1.35 bits per heavy atom. The summed E-state index contributed by atoms with van der Waals surface area (Å²) in [4.78, 5) is 28.6. The summed E-state index contributed by atoms with van der Waals surface area (Å²) in [5, 5.41) is 13.1. The zero-order chi connectivity index (χ0) is 14.4. The van der Waals surface area contributed by atoms with Gasteiger partial charge in [-0.25, -0.2) is 4.98 Å². The summed E-state index contributed by atoms with van der Waals surface area (Å²) in [5.74, 6) is -0.384. The van der Waals surface area contributed by atoms with Gasteiger partial charge >= 0.3 is 0 Å². The summed E-state index contributed by atoms with van der Waals surface area (Å²) in [6.07, 6.45) is 6.45. The van der Waals surface area contributed by atoms with Crippen molar-refractivity contribution in [2.75, 3.05) is 13.2 Å². The fraction of sp³-hybridized carbons (Fsp3) is 0.462. The van der Waals surface area contributed by atoms with E-state index < -0.39 is 0 Å². The zero-order valence-corrected chi connectivity index (χ0v) is 11.9. The summed E-state index contributed by atoms with van der Waals surface area (Å²) < 4.78 is 1.38. The number of aromatic nitrogens is 2. The van der Waals surface area contributed by atoms with E-state index in [-0.39, 0.29) is 23.6 Å². The van der Waals surface area contributed by atoms with E-state index in [1.165, 1.54) is 21.9 Å². The van der Waals surface area contributed by atoms with Gasteiger partial charge in [-0.05, 0) is 12.8 Å². The van der Waals surface area contributed by atoms with Crippen LogP contribution in [0.15, 0.2) is 22.6 Å². The Labute approximate surface area is 120 Å². The maximum absolute atomic E-state index is 12.0. The molecule has 0 radical (unpaired) electrons. The third kappa shape index (κ3) is 3.43. The SMILES string of the molecule is O=C(NCCCCCCO)c1cnc2sccn2c1=O. The van der Waals surface area contributed by atoms with Crippen LogP contribution in [-0.4, -0.2) is 33.6 Å². The number of aliphatic hydroxyl groups excluding tert-OH is 1. The number of fused-ring (bicyclic) bond motifs is 1. The molecule has 6 nitrogen and oxygen atoms in total. The fourth-order valence-electron chi connectivity index (χ4n) is 1.87. The van der Waals surface area contributed by atoms with E-state index in [1.807, 2.05) is 0 Å². The highest BCUT2D eigenvalue weighted by molar-refractivity contribution is 7.15. The molecule has 2 N–H and O–H groups in total. The first kappa shape index (κ1) is 14.7. The van der Waals surface area contributed by atoms with Crippen LogP contribution >= 0.6 is 11.3 Å². The summed E-state index contributed by atoms with van der Waals surface area (Å²) in [6.45, 7) is 0.728. The second-order valence-electron chi connectivity index (χ2n) is 4.43. The van der Waals surface area contributed by atoms with Gasteiger partial charge in [0.1, 0.15) is 5.56 Å². The van der Waals surface area contributed by atoms with Crippen LogP contribution in [0.4, 0.5) is 0 Å². The molecule has 0 saturated carbocycles. The van der Waals surface area contributed by atoms with Gasteiger partial charge in [0.15, 0.2) is 4.96 Å². The lowest BCUT2D eigenvalue weighted by Gasteiger charge is -2.04. The number of rotatable bonds is 7. The van der Waals surface area contributed by atoms with E-state index in [0.29, 0.717) is 11.5 Å². The fourth-order valence-corrected chi connectivity index (χ4v) is 2.54. The van der Waals surface area contributed by atoms with E-state index in [9.17, 15) is 9.59 Å². The molecular weight excluding hydrogens is 278 g/mol. The summed E-state index contributed by atoms with van der Waals surface area (Å²) in [7, 11) is 0. The van der Waals surface area contributed by atoms with Gasteiger partial charge in [-0.2, -0.15) is 0 Å². The van der Waals surface area contributed by atoms with Crippen LogP contribution in [0.2, 0.25) is 0 Å². The molecule has 0 bridgehead atoms. The molecule has 0 aliphatic rings. The van der Waals surface area contributed by atoms with Gasteiger partial charge in [0.2, 0.25) is 0 Å². The zero-order valence-electron chi connectivity index (χ0n) is 11.0. The van der Waals surface area contributed by atoms with Gasteiger partial charge in [0, 0.05) is 30.9 Å². The van der Waals surface area contributed by atoms with Crippen molar-refractivity contribution in [2.24, 2.45) is 0 Å². The predicted octanol–water partition coefficient (Wildman–Crippen LogP) is 1.04. The van der Waals surface area contributed by atoms with Crippen molar-refractivity contribution in [3.8, 4) is 0 Å². The van der Waals surface area contributed by atoms with Gasteiger partial charge in [0.25, 0.3) is 11.5 Å². The van der Waals surface area contributed by atoms with Crippen LogP contribution in [0.3, 0.4) is 0 Å². The molecule has 0 spiro atoms. The third-order valence-electron chi connectivity index (χ3n) is 2.96. The third-order valence-corrected chi connectivity index (χ3v) is 3.73. The Kier molecular flexibility index (Phi) is 5.25. The minimum atomic E-state index is -0.384. The first-order chi connectivity index (χ1) is 9.74. The Morgan fingerprint density at radius 3 is 2.95 bits per heavy atom. The van der Waals surface area contributed by atoms with Crippen LogP contribution in [0.5, 0.6) is 0 Å². The Balaban J connectivity index is 1.91. The minimum Gasteiger partial charge on any atom is -0.396 e. The number of amides is 1. The molecule has 0 aromatic carbocycles. The first-order valence-corrected chi connectivity index (χ1v) is 7.46.